The van der Waals surface area contributed by atoms with Crippen molar-refractivity contribution in [2.24, 2.45) is 0 Å². The Kier molecular flexibility index (Phi) is 4.11. The van der Waals surface area contributed by atoms with Crippen LogP contribution >= 0.6 is 27.5 Å². The Hall–Kier alpha value is -0.120. The van der Waals surface area contributed by atoms with Crippen molar-refractivity contribution < 1.29 is 0 Å². The van der Waals surface area contributed by atoms with E-state index in [0.717, 1.165) is 15.2 Å². The van der Waals surface area contributed by atoms with Gasteiger partial charge < -0.3 is 0 Å². The Bertz CT molecular complexity index is 699. The van der Waals surface area contributed by atoms with Crippen LogP contribution in [0.1, 0.15) is 0 Å². The van der Waals surface area contributed by atoms with Crippen molar-refractivity contribution in [1.29, 1.82) is 0 Å². The van der Waals surface area contributed by atoms with Crippen molar-refractivity contribution in [3.63, 3.8) is 0 Å². The van der Waals surface area contributed by atoms with Gasteiger partial charge in [0.25, 0.3) is 0 Å². The van der Waals surface area contributed by atoms with Gasteiger partial charge in [0.2, 0.25) is 0 Å². The van der Waals surface area contributed by atoms with Gasteiger partial charge in [-0.1, -0.05) is 51.8 Å². The number of rotatable bonds is 0. The van der Waals surface area contributed by atoms with E-state index in [1.807, 2.05) is 24.4 Å². The van der Waals surface area contributed by atoms with E-state index >= 15 is 0 Å². The number of nitrogens with zero attached hydrogens (tertiary/aromatic N) is 1. The minimum absolute atomic E-state index is 0. The number of fused-ring (bicyclic) bond motifs is 3. The molecule has 1 heterocycles. The van der Waals surface area contributed by atoms with Gasteiger partial charge in [-0.25, -0.2) is 4.98 Å². The maximum atomic E-state index is 5.91. The molecule has 0 saturated carbocycles. The van der Waals surface area contributed by atoms with Gasteiger partial charge in [0, 0.05) is 21.4 Å². The summed E-state index contributed by atoms with van der Waals surface area (Å²) in [6, 6.07) is 12.2. The van der Waals surface area contributed by atoms with Gasteiger partial charge >= 0.3 is 29.6 Å². The molecule has 1 nitrogen and oxygen atoms in total. The standard InChI is InChI=1S/C13H7BrClN.Na.H/c14-12-5-8-3-1-2-4-9(8)11-7-16-13(15)6-10(11)12;;/h1-7H;;. The molecule has 0 bridgehead atoms. The second kappa shape index (κ2) is 5.25. The zero-order chi connectivity index (χ0) is 11.1. The molecule has 0 N–H and O–H groups in total. The molecule has 80 valence electrons. The molecule has 3 rings (SSSR count). The van der Waals surface area contributed by atoms with E-state index in [9.17, 15) is 0 Å². The van der Waals surface area contributed by atoms with Crippen LogP contribution in [0.25, 0.3) is 21.5 Å². The molecule has 17 heavy (non-hydrogen) atoms. The topological polar surface area (TPSA) is 12.9 Å². The first-order valence-corrected chi connectivity index (χ1v) is 6.05. The van der Waals surface area contributed by atoms with E-state index in [1.54, 1.807) is 0 Å². The van der Waals surface area contributed by atoms with Crippen LogP contribution in [0.2, 0.25) is 5.15 Å². The number of pyridine rings is 1. The second-order valence-corrected chi connectivity index (χ2v) is 4.87. The van der Waals surface area contributed by atoms with E-state index in [0.29, 0.717) is 5.15 Å². The number of hydrogen-bond acceptors (Lipinski definition) is 1. The van der Waals surface area contributed by atoms with E-state index in [-0.39, 0.29) is 29.6 Å². The third-order valence-corrected chi connectivity index (χ3v) is 3.52. The molecule has 1 aromatic heterocycles. The summed E-state index contributed by atoms with van der Waals surface area (Å²) in [4.78, 5) is 4.14. The van der Waals surface area contributed by atoms with Crippen molar-refractivity contribution in [2.75, 3.05) is 0 Å². The summed E-state index contributed by atoms with van der Waals surface area (Å²) in [6.45, 7) is 0. The third-order valence-electron chi connectivity index (χ3n) is 2.66. The first kappa shape index (κ1) is 13.3. The number of aromatic nitrogens is 1. The molecule has 2 aromatic carbocycles. The normalized spacial score (nSPS) is 10.5. The summed E-state index contributed by atoms with van der Waals surface area (Å²) >= 11 is 9.48. The summed E-state index contributed by atoms with van der Waals surface area (Å²) < 4.78 is 1.05. The van der Waals surface area contributed by atoms with Gasteiger partial charge in [0.1, 0.15) is 5.15 Å². The average Bonchev–Trinajstić information content (AvgIpc) is 2.29. The first-order valence-electron chi connectivity index (χ1n) is 4.88. The molecule has 0 fully saturated rings. The molecule has 0 saturated heterocycles. The van der Waals surface area contributed by atoms with Crippen LogP contribution in [0, 0.1) is 0 Å². The summed E-state index contributed by atoms with van der Waals surface area (Å²) in [5.74, 6) is 0. The third kappa shape index (κ3) is 2.38. The summed E-state index contributed by atoms with van der Waals surface area (Å²) in [6.07, 6.45) is 1.82. The monoisotopic (exact) mass is 315 g/mol. The Morgan fingerprint density at radius 1 is 1.00 bits per heavy atom. The van der Waals surface area contributed by atoms with Crippen LogP contribution in [0.4, 0.5) is 0 Å². The Morgan fingerprint density at radius 3 is 2.59 bits per heavy atom. The fourth-order valence-electron chi connectivity index (χ4n) is 1.92. The van der Waals surface area contributed by atoms with Crippen LogP contribution in [0.5, 0.6) is 0 Å². The van der Waals surface area contributed by atoms with E-state index in [2.05, 4.69) is 39.1 Å². The van der Waals surface area contributed by atoms with Crippen molar-refractivity contribution in [3.05, 3.63) is 52.2 Å². The van der Waals surface area contributed by atoms with Crippen molar-refractivity contribution in [1.82, 2.24) is 4.98 Å². The molecular weight excluding hydrogens is 308 g/mol. The maximum absolute atomic E-state index is 5.91. The van der Waals surface area contributed by atoms with Crippen molar-refractivity contribution in [3.8, 4) is 0 Å². The molecule has 3 aromatic rings. The first-order chi connectivity index (χ1) is 7.75. The fourth-order valence-corrected chi connectivity index (χ4v) is 2.66. The number of hydrogen-bond donors (Lipinski definition) is 0. The summed E-state index contributed by atoms with van der Waals surface area (Å²) in [5, 5.41) is 5.13. The van der Waals surface area contributed by atoms with E-state index in [4.69, 9.17) is 11.6 Å². The molecule has 0 amide bonds. The van der Waals surface area contributed by atoms with Gasteiger partial charge in [-0.2, -0.15) is 0 Å². The zero-order valence-corrected chi connectivity index (χ0v) is 10.6. The number of halogens is 2. The second-order valence-electron chi connectivity index (χ2n) is 3.63. The molecule has 0 spiro atoms. The van der Waals surface area contributed by atoms with Gasteiger partial charge in [0.15, 0.2) is 0 Å². The fraction of sp³-hybridized carbons (Fsp3) is 0. The quantitative estimate of drug-likeness (QED) is 0.345. The average molecular weight is 317 g/mol. The molecule has 4 heteroatoms. The van der Waals surface area contributed by atoms with E-state index < -0.39 is 0 Å². The predicted molar refractivity (Wildman–Crippen MR) is 79.1 cm³/mol. The van der Waals surface area contributed by atoms with Gasteiger partial charge in [0.05, 0.1) is 0 Å². The molecule has 0 aliphatic carbocycles. The molecular formula is C13H8BrClNNa. The van der Waals surface area contributed by atoms with Crippen molar-refractivity contribution in [2.45, 2.75) is 0 Å². The Labute approximate surface area is 135 Å². The number of benzene rings is 2. The van der Waals surface area contributed by atoms with Crippen LogP contribution in [-0.4, -0.2) is 34.5 Å². The molecule has 0 unspecified atom stereocenters. The van der Waals surface area contributed by atoms with Crippen LogP contribution < -0.4 is 0 Å². The van der Waals surface area contributed by atoms with Crippen LogP contribution in [0.15, 0.2) is 47.1 Å². The molecule has 0 radical (unpaired) electrons. The zero-order valence-electron chi connectivity index (χ0n) is 8.24. The van der Waals surface area contributed by atoms with Crippen LogP contribution in [0.3, 0.4) is 0 Å². The van der Waals surface area contributed by atoms with Crippen molar-refractivity contribution >= 4 is 78.6 Å². The summed E-state index contributed by atoms with van der Waals surface area (Å²) in [5.41, 5.74) is 0. The van der Waals surface area contributed by atoms with Crippen LogP contribution in [-0.2, 0) is 0 Å². The van der Waals surface area contributed by atoms with Gasteiger partial charge in [-0.05, 0) is 22.9 Å². The van der Waals surface area contributed by atoms with Gasteiger partial charge in [-0.3, -0.25) is 0 Å². The summed E-state index contributed by atoms with van der Waals surface area (Å²) in [7, 11) is 0. The molecule has 0 atom stereocenters. The predicted octanol–water partition coefficient (Wildman–Crippen LogP) is 4.16. The van der Waals surface area contributed by atoms with E-state index in [1.165, 1.54) is 10.8 Å². The SMILES string of the molecule is Clc1cc2c(Br)cc3ccccc3c2cn1.[NaH]. The molecule has 0 aliphatic rings. The minimum atomic E-state index is 0. The van der Waals surface area contributed by atoms with Gasteiger partial charge in [-0.15, -0.1) is 0 Å². The Balaban J connectivity index is 0.00000108. The Morgan fingerprint density at radius 2 is 1.76 bits per heavy atom. The molecule has 0 aliphatic heterocycles.